The Hall–Kier alpha value is -4.28. The molecule has 3 aliphatic carbocycles. The van der Waals surface area contributed by atoms with Gasteiger partial charge in [-0.15, -0.1) is 11.3 Å². The fourth-order valence-electron chi connectivity index (χ4n) is 12.2. The zero-order chi connectivity index (χ0) is 45.8. The summed E-state index contributed by atoms with van der Waals surface area (Å²) in [6.45, 7) is 14.2. The molecule has 1 aromatic carbocycles. The van der Waals surface area contributed by atoms with Crippen LogP contribution in [0.15, 0.2) is 41.9 Å². The van der Waals surface area contributed by atoms with Crippen LogP contribution in [0.1, 0.15) is 114 Å². The number of ether oxygens (including phenoxy) is 2. The molecule has 7 aliphatic rings. The predicted octanol–water partition coefficient (Wildman–Crippen LogP) is 7.43. The third kappa shape index (κ3) is 7.87. The summed E-state index contributed by atoms with van der Waals surface area (Å²) in [6, 6.07) is 9.44. The van der Waals surface area contributed by atoms with E-state index in [2.05, 4.69) is 82.4 Å². The second-order valence-corrected chi connectivity index (χ2v) is 22.7. The Morgan fingerprint density at radius 2 is 1.85 bits per heavy atom. The van der Waals surface area contributed by atoms with Gasteiger partial charge in [-0.1, -0.05) is 33.8 Å². The first-order chi connectivity index (χ1) is 31.7. The number of hydrogen-bond donors (Lipinski definition) is 2. The molecule has 352 valence electrons. The maximum atomic E-state index is 15.1. The van der Waals surface area contributed by atoms with Crippen molar-refractivity contribution in [1.29, 1.82) is 0 Å². The van der Waals surface area contributed by atoms with Crippen molar-refractivity contribution in [2.75, 3.05) is 46.4 Å². The number of thiazole rings is 1. The maximum Gasteiger partial charge on any atom is 0.324 e. The molecule has 13 nitrogen and oxygen atoms in total. The van der Waals surface area contributed by atoms with Crippen molar-refractivity contribution in [3.05, 3.63) is 58.2 Å². The number of amides is 2. The van der Waals surface area contributed by atoms with Crippen LogP contribution < -0.4 is 10.7 Å². The molecule has 7 heterocycles. The fraction of sp³-hybridized carbons (Fsp3) is 0.627. The van der Waals surface area contributed by atoms with E-state index in [1.165, 1.54) is 29.2 Å². The third-order valence-electron chi connectivity index (χ3n) is 16.4. The minimum atomic E-state index is -0.997. The number of carbonyl (C=O) groups excluding carboxylic acids is 3. The molecule has 8 atom stereocenters. The van der Waals surface area contributed by atoms with Gasteiger partial charge in [-0.3, -0.25) is 34.2 Å². The van der Waals surface area contributed by atoms with E-state index in [1.54, 1.807) is 7.11 Å². The van der Waals surface area contributed by atoms with Gasteiger partial charge in [0.1, 0.15) is 23.3 Å². The van der Waals surface area contributed by atoms with Gasteiger partial charge in [0.2, 0.25) is 5.91 Å². The summed E-state index contributed by atoms with van der Waals surface area (Å²) in [5, 5.41) is 8.71. The van der Waals surface area contributed by atoms with Crippen molar-refractivity contribution in [3.63, 3.8) is 0 Å². The number of esters is 1. The summed E-state index contributed by atoms with van der Waals surface area (Å²) < 4.78 is 29.6. The first-order valence-corrected chi connectivity index (χ1v) is 25.4. The highest BCUT2D eigenvalue weighted by atomic mass is 32.1. The lowest BCUT2D eigenvalue weighted by molar-refractivity contribution is -0.156. The normalized spacial score (nSPS) is 30.7. The second-order valence-electron chi connectivity index (χ2n) is 21.8. The number of hydrazine groups is 1. The van der Waals surface area contributed by atoms with E-state index in [0.717, 1.165) is 69.2 Å². The van der Waals surface area contributed by atoms with Crippen LogP contribution in [0.2, 0.25) is 0 Å². The highest BCUT2D eigenvalue weighted by Crippen LogP contribution is 2.52. The summed E-state index contributed by atoms with van der Waals surface area (Å²) in [5.41, 5.74) is 9.70. The molecular weight excluding hydrogens is 856 g/mol. The smallest absolute Gasteiger partial charge is 0.324 e. The minimum absolute atomic E-state index is 0.144. The number of likely N-dealkylation sites (tertiary alicyclic amines) is 2. The lowest BCUT2D eigenvalue weighted by atomic mass is 9.76. The second kappa shape index (κ2) is 16.7. The molecule has 2 amide bonds. The first-order valence-electron chi connectivity index (χ1n) is 24.5. The number of hydrogen-bond acceptors (Lipinski definition) is 11. The maximum absolute atomic E-state index is 15.1. The zero-order valence-corrected chi connectivity index (χ0v) is 40.0. The van der Waals surface area contributed by atoms with Crippen molar-refractivity contribution < 1.29 is 28.2 Å². The number of nitrogens with one attached hydrogen (secondary N) is 2. The van der Waals surface area contributed by atoms with E-state index >= 15 is 4.79 Å². The molecule has 3 saturated heterocycles. The number of rotatable bonds is 8. The van der Waals surface area contributed by atoms with E-state index in [0.29, 0.717) is 57.8 Å². The van der Waals surface area contributed by atoms with Crippen molar-refractivity contribution in [1.82, 2.24) is 40.1 Å². The first kappa shape index (κ1) is 44.2. The van der Waals surface area contributed by atoms with Gasteiger partial charge in [-0.2, -0.15) is 0 Å². The Labute approximate surface area is 391 Å². The Bertz CT molecular complexity index is 2540. The molecule has 2 N–H and O–H groups in total. The predicted molar refractivity (Wildman–Crippen MR) is 251 cm³/mol. The van der Waals surface area contributed by atoms with Crippen LogP contribution in [0.4, 0.5) is 4.39 Å². The van der Waals surface area contributed by atoms with Crippen LogP contribution in [-0.4, -0.2) is 118 Å². The van der Waals surface area contributed by atoms with E-state index in [-0.39, 0.29) is 53.7 Å². The van der Waals surface area contributed by atoms with Gasteiger partial charge in [0, 0.05) is 90.8 Å². The Kier molecular flexibility index (Phi) is 11.2. The van der Waals surface area contributed by atoms with Gasteiger partial charge < -0.3 is 19.4 Å². The number of pyridine rings is 1. The molecule has 4 aromatic rings. The molecule has 6 fully saturated rings. The molecule has 3 saturated carbocycles. The number of methoxy groups -OCH3 is 1. The van der Waals surface area contributed by atoms with Crippen LogP contribution in [0, 0.1) is 28.6 Å². The Morgan fingerprint density at radius 1 is 1.06 bits per heavy atom. The Morgan fingerprint density at radius 3 is 2.56 bits per heavy atom. The topological polar surface area (TPSA) is 134 Å². The van der Waals surface area contributed by atoms with Crippen molar-refractivity contribution in [2.24, 2.45) is 28.6 Å². The third-order valence-corrected chi connectivity index (χ3v) is 17.4. The summed E-state index contributed by atoms with van der Waals surface area (Å²) in [5.74, 6) is -0.642. The number of alkyl halides is 1. The number of carbonyl (C=O) groups is 3. The quantitative estimate of drug-likeness (QED) is 0.172. The summed E-state index contributed by atoms with van der Waals surface area (Å²) in [4.78, 5) is 58.6. The van der Waals surface area contributed by atoms with Gasteiger partial charge in [-0.25, -0.2) is 14.8 Å². The van der Waals surface area contributed by atoms with Gasteiger partial charge in [0.25, 0.3) is 5.91 Å². The molecule has 1 spiro atoms. The minimum Gasteiger partial charge on any atom is -0.464 e. The van der Waals surface area contributed by atoms with Gasteiger partial charge in [0.05, 0.1) is 41.9 Å². The number of halogens is 1. The summed E-state index contributed by atoms with van der Waals surface area (Å²) >= 11 is 1.50. The van der Waals surface area contributed by atoms with Crippen LogP contribution in [0.5, 0.6) is 0 Å². The van der Waals surface area contributed by atoms with Gasteiger partial charge in [0.15, 0.2) is 0 Å². The number of benzene rings is 1. The molecule has 6 bridgehead atoms. The highest BCUT2D eigenvalue weighted by molar-refractivity contribution is 7.10. The van der Waals surface area contributed by atoms with Gasteiger partial charge >= 0.3 is 5.97 Å². The number of nitrogens with zero attached hydrogens (tertiary/aromatic N) is 6. The summed E-state index contributed by atoms with van der Waals surface area (Å²) in [6.07, 6.45) is 6.83. The molecule has 4 aliphatic heterocycles. The average Bonchev–Trinajstić information content (AvgIpc) is 4.04. The van der Waals surface area contributed by atoms with Crippen LogP contribution in [0.3, 0.4) is 0 Å². The molecule has 15 heteroatoms. The monoisotopic (exact) mass is 920 g/mol. The van der Waals surface area contributed by atoms with E-state index < -0.39 is 35.7 Å². The average molecular weight is 921 g/mol. The Balaban J connectivity index is 1.07. The number of cyclic esters (lactones) is 1. The molecule has 11 rings (SSSR count). The SMILES string of the molecule is CO[C@@H](C)c1ncccc1-c1c2c3cc(ccc3n1C1CN(C3CC3)C1)-c1csc(n1)[C@@H](N1CC3(CC[C@@H](F)C3)C1)[C@H](NC(=O)C1[C@@H](C)[C@H]1C)C(=O)N1CCC[C@H](N1)C(=O)OCC(C)(C)C2. The van der Waals surface area contributed by atoms with Crippen LogP contribution in [0.25, 0.3) is 33.4 Å². The molecule has 0 radical (unpaired) electrons. The van der Waals surface area contributed by atoms with E-state index in [4.69, 9.17) is 19.4 Å². The van der Waals surface area contributed by atoms with Crippen LogP contribution in [-0.2, 0) is 30.3 Å². The zero-order valence-electron chi connectivity index (χ0n) is 39.2. The summed E-state index contributed by atoms with van der Waals surface area (Å²) in [7, 11) is 1.73. The van der Waals surface area contributed by atoms with Crippen molar-refractivity contribution in [3.8, 4) is 22.5 Å². The lowest BCUT2D eigenvalue weighted by Gasteiger charge is -2.53. The van der Waals surface area contributed by atoms with E-state index in [9.17, 15) is 14.0 Å². The van der Waals surface area contributed by atoms with E-state index in [1.807, 2.05) is 19.2 Å². The molecule has 1 unspecified atom stereocenters. The number of aromatic nitrogens is 3. The standard InChI is InChI=1S/C51H65FN8O5S/c1-28-29(2)41(28)46(61)55-43-45(58-25-51(26-58)16-15-32(52)20-51)47-54-39(24-66-47)31-11-14-40-36(19-31)37(21-50(4,5)27-65-49(63)38-10-8-18-59(56-38)48(43)62)44(35-9-7-17-53-42(35)30(3)64-6)60(40)34-22-57(23-34)33-12-13-33/h7,9,11,14,17,19,24,28-30,32-34,38,41,43,45,56H,8,10,12-13,15-16,18,20-23,25-27H2,1-6H3,(H,55,61)/t28-,29+,30-,32+,38-,41?,43-,45-/m0/s1. The van der Waals surface area contributed by atoms with Gasteiger partial charge in [-0.05, 0) is 105 Å². The van der Waals surface area contributed by atoms with Crippen molar-refractivity contribution >= 4 is 40.0 Å². The fourth-order valence-corrected chi connectivity index (χ4v) is 13.2. The van der Waals surface area contributed by atoms with Crippen molar-refractivity contribution in [2.45, 2.75) is 128 Å². The lowest BCUT2D eigenvalue weighted by Crippen LogP contribution is -2.65. The number of fused-ring (bicyclic) bond motifs is 6. The largest absolute Gasteiger partial charge is 0.464 e. The van der Waals surface area contributed by atoms with Crippen LogP contribution >= 0.6 is 11.3 Å². The molecule has 3 aromatic heterocycles. The highest BCUT2D eigenvalue weighted by Gasteiger charge is 2.55. The molecule has 66 heavy (non-hydrogen) atoms. The molecular formula is C51H65FN8O5S.